The van der Waals surface area contributed by atoms with Crippen LogP contribution in [-0.2, 0) is 0 Å². The molecule has 0 aliphatic rings. The van der Waals surface area contributed by atoms with Crippen LogP contribution in [0.2, 0.25) is 0 Å². The summed E-state index contributed by atoms with van der Waals surface area (Å²) in [5.41, 5.74) is 2.41. The lowest BCUT2D eigenvalue weighted by atomic mass is 9.96. The molecule has 1 atom stereocenters. The van der Waals surface area contributed by atoms with E-state index in [1.54, 1.807) is 0 Å². The van der Waals surface area contributed by atoms with E-state index in [-0.39, 0.29) is 0 Å². The molecule has 0 amide bonds. The lowest BCUT2D eigenvalue weighted by Crippen LogP contribution is -1.94. The van der Waals surface area contributed by atoms with Crippen molar-refractivity contribution in [1.29, 1.82) is 0 Å². The number of terminal acetylenes is 1. The molecule has 0 nitrogen and oxygen atoms in total. The lowest BCUT2D eigenvalue weighted by Gasteiger charge is -2.10. The van der Waals surface area contributed by atoms with E-state index in [0.717, 1.165) is 17.9 Å². The van der Waals surface area contributed by atoms with Gasteiger partial charge in [0.2, 0.25) is 0 Å². The summed E-state index contributed by atoms with van der Waals surface area (Å²) in [4.78, 5) is 0. The van der Waals surface area contributed by atoms with Gasteiger partial charge in [-0.1, -0.05) is 51.2 Å². The zero-order valence-electron chi connectivity index (χ0n) is 11.3. The summed E-state index contributed by atoms with van der Waals surface area (Å²) < 4.78 is 0. The van der Waals surface area contributed by atoms with Crippen LogP contribution in [0, 0.1) is 18.3 Å². The summed E-state index contributed by atoms with van der Waals surface area (Å²) in [7, 11) is 0. The summed E-state index contributed by atoms with van der Waals surface area (Å²) >= 11 is 0. The van der Waals surface area contributed by atoms with Crippen molar-refractivity contribution in [3.63, 3.8) is 0 Å². The predicted octanol–water partition coefficient (Wildman–Crippen LogP) is 5.12. The third-order valence-electron chi connectivity index (χ3n) is 2.99. The minimum Gasteiger partial charge on any atom is -0.115 e. The molecule has 0 radical (unpaired) electrons. The molecule has 0 heterocycles. The normalized spacial score (nSPS) is 14.7. The number of allylic oxidation sites excluding steroid dienone is 4. The van der Waals surface area contributed by atoms with Crippen LogP contribution in [0.25, 0.3) is 0 Å². The molecule has 0 saturated carbocycles. The Kier molecular flexibility index (Phi) is 8.72. The highest BCUT2D eigenvalue weighted by molar-refractivity contribution is 5.35. The Morgan fingerprint density at radius 2 is 2.06 bits per heavy atom. The smallest absolute Gasteiger partial charge is 0.00184 e. The van der Waals surface area contributed by atoms with Crippen molar-refractivity contribution < 1.29 is 0 Å². The quantitative estimate of drug-likeness (QED) is 0.411. The summed E-state index contributed by atoms with van der Waals surface area (Å²) in [6.07, 6.45) is 16.0. The molecule has 90 valence electrons. The summed E-state index contributed by atoms with van der Waals surface area (Å²) in [5, 5.41) is 0. The summed E-state index contributed by atoms with van der Waals surface area (Å²) in [5.74, 6) is 3.59. The Labute approximate surface area is 102 Å². The monoisotopic (exact) mass is 218 g/mol. The van der Waals surface area contributed by atoms with Gasteiger partial charge in [0, 0.05) is 5.57 Å². The molecule has 0 spiro atoms. The van der Waals surface area contributed by atoms with Crippen molar-refractivity contribution in [2.75, 3.05) is 0 Å². The molecule has 0 aromatic rings. The molecule has 0 fully saturated rings. The van der Waals surface area contributed by atoms with Crippen LogP contribution >= 0.6 is 0 Å². The standard InChI is InChI=1S/C16H26/c1-6-10-14(4)12-9-13-16(11-7-2)15(5)8-3/h3,7,11,14H,6,9-10,12-13H2,1-2,4-5H3/b11-7-,16-15-. The highest BCUT2D eigenvalue weighted by atomic mass is 14.1. The maximum absolute atomic E-state index is 5.44. The second-order valence-electron chi connectivity index (χ2n) is 4.58. The first-order valence-corrected chi connectivity index (χ1v) is 6.44. The van der Waals surface area contributed by atoms with E-state index in [1.165, 1.54) is 31.3 Å². The zero-order chi connectivity index (χ0) is 12.4. The van der Waals surface area contributed by atoms with Gasteiger partial charge in [0.15, 0.2) is 0 Å². The molecule has 0 heteroatoms. The third-order valence-corrected chi connectivity index (χ3v) is 2.99. The largest absolute Gasteiger partial charge is 0.115 e. The van der Waals surface area contributed by atoms with Gasteiger partial charge in [-0.2, -0.15) is 0 Å². The molecule has 0 rings (SSSR count). The average molecular weight is 218 g/mol. The molecule has 0 bridgehead atoms. The van der Waals surface area contributed by atoms with E-state index in [4.69, 9.17) is 6.42 Å². The molecule has 0 aromatic heterocycles. The zero-order valence-corrected chi connectivity index (χ0v) is 11.3. The van der Waals surface area contributed by atoms with Crippen LogP contribution in [0.15, 0.2) is 23.3 Å². The second kappa shape index (κ2) is 9.28. The lowest BCUT2D eigenvalue weighted by molar-refractivity contribution is 0.470. The van der Waals surface area contributed by atoms with E-state index < -0.39 is 0 Å². The van der Waals surface area contributed by atoms with Crippen molar-refractivity contribution in [2.24, 2.45) is 5.92 Å². The first-order valence-electron chi connectivity index (χ1n) is 6.44. The Bertz CT molecular complexity index is 273. The molecule has 0 N–H and O–H groups in total. The van der Waals surface area contributed by atoms with Crippen molar-refractivity contribution in [3.05, 3.63) is 23.3 Å². The number of hydrogen-bond donors (Lipinski definition) is 0. The van der Waals surface area contributed by atoms with Gasteiger partial charge in [-0.3, -0.25) is 0 Å². The first-order chi connectivity index (χ1) is 7.65. The molecular weight excluding hydrogens is 192 g/mol. The molecule has 0 aliphatic heterocycles. The average Bonchev–Trinajstić information content (AvgIpc) is 2.27. The van der Waals surface area contributed by atoms with Gasteiger partial charge in [0.05, 0.1) is 0 Å². The van der Waals surface area contributed by atoms with Gasteiger partial charge >= 0.3 is 0 Å². The van der Waals surface area contributed by atoms with Gasteiger partial charge in [0.1, 0.15) is 0 Å². The third kappa shape index (κ3) is 6.51. The molecule has 0 saturated heterocycles. The highest BCUT2D eigenvalue weighted by Crippen LogP contribution is 2.19. The van der Waals surface area contributed by atoms with Gasteiger partial charge in [-0.25, -0.2) is 0 Å². The minimum absolute atomic E-state index is 0.850. The van der Waals surface area contributed by atoms with Gasteiger partial charge in [-0.15, -0.1) is 6.42 Å². The number of hydrogen-bond acceptors (Lipinski definition) is 0. The van der Waals surface area contributed by atoms with Crippen molar-refractivity contribution >= 4 is 0 Å². The van der Waals surface area contributed by atoms with Crippen LogP contribution in [0.4, 0.5) is 0 Å². The van der Waals surface area contributed by atoms with Crippen molar-refractivity contribution in [3.8, 4) is 12.3 Å². The van der Waals surface area contributed by atoms with Gasteiger partial charge in [0.25, 0.3) is 0 Å². The number of rotatable bonds is 7. The Balaban J connectivity index is 4.11. The Hall–Kier alpha value is -0.960. The highest BCUT2D eigenvalue weighted by Gasteiger charge is 2.02. The SMILES string of the molecule is C#C/C(C)=C(/C=C\C)CCCC(C)CCC. The fraction of sp³-hybridized carbons (Fsp3) is 0.625. The van der Waals surface area contributed by atoms with Crippen molar-refractivity contribution in [1.82, 2.24) is 0 Å². The first kappa shape index (κ1) is 15.0. The molecule has 0 aliphatic carbocycles. The Morgan fingerprint density at radius 3 is 2.56 bits per heavy atom. The van der Waals surface area contributed by atoms with E-state index >= 15 is 0 Å². The molecule has 0 aromatic carbocycles. The molecule has 1 unspecified atom stereocenters. The van der Waals surface area contributed by atoms with Crippen LogP contribution in [0.5, 0.6) is 0 Å². The van der Waals surface area contributed by atoms with Crippen LogP contribution in [-0.4, -0.2) is 0 Å². The van der Waals surface area contributed by atoms with Crippen molar-refractivity contribution in [2.45, 2.75) is 59.8 Å². The fourth-order valence-corrected chi connectivity index (χ4v) is 1.97. The van der Waals surface area contributed by atoms with Crippen LogP contribution in [0.1, 0.15) is 59.8 Å². The Morgan fingerprint density at radius 1 is 1.38 bits per heavy atom. The fourth-order valence-electron chi connectivity index (χ4n) is 1.97. The van der Waals surface area contributed by atoms with Crippen LogP contribution in [0.3, 0.4) is 0 Å². The van der Waals surface area contributed by atoms with Crippen LogP contribution < -0.4 is 0 Å². The maximum atomic E-state index is 5.44. The minimum atomic E-state index is 0.850. The van der Waals surface area contributed by atoms with E-state index in [2.05, 4.69) is 31.9 Å². The van der Waals surface area contributed by atoms with Gasteiger partial charge < -0.3 is 0 Å². The van der Waals surface area contributed by atoms with E-state index in [1.807, 2.05) is 13.8 Å². The predicted molar refractivity (Wildman–Crippen MR) is 74.3 cm³/mol. The van der Waals surface area contributed by atoms with Gasteiger partial charge in [-0.05, 0) is 38.2 Å². The topological polar surface area (TPSA) is 0 Å². The van der Waals surface area contributed by atoms with E-state index in [0.29, 0.717) is 0 Å². The summed E-state index contributed by atoms with van der Waals surface area (Å²) in [6.45, 7) is 8.68. The summed E-state index contributed by atoms with van der Waals surface area (Å²) in [6, 6.07) is 0. The van der Waals surface area contributed by atoms with E-state index in [9.17, 15) is 0 Å². The maximum Gasteiger partial charge on any atom is 0.00184 e. The molecule has 16 heavy (non-hydrogen) atoms. The molecular formula is C16H26. The second-order valence-corrected chi connectivity index (χ2v) is 4.58.